The lowest BCUT2D eigenvalue weighted by atomic mass is 10.2. The number of carbonyl (C=O) groups is 1. The van der Waals surface area contributed by atoms with Crippen molar-refractivity contribution < 1.29 is 4.79 Å². The van der Waals surface area contributed by atoms with E-state index in [1.54, 1.807) is 4.90 Å². The molecule has 0 aliphatic carbocycles. The molecule has 25 heavy (non-hydrogen) atoms. The van der Waals surface area contributed by atoms with Gasteiger partial charge in [-0.15, -0.1) is 11.3 Å². The summed E-state index contributed by atoms with van der Waals surface area (Å²) in [6.45, 7) is 6.50. The number of aromatic nitrogens is 2. The fraction of sp³-hybridized carbons (Fsp3) is 0.316. The molecule has 2 heterocycles. The van der Waals surface area contributed by atoms with E-state index in [2.05, 4.69) is 4.98 Å². The molecule has 0 aliphatic rings. The zero-order valence-electron chi connectivity index (χ0n) is 14.7. The van der Waals surface area contributed by atoms with E-state index in [-0.39, 0.29) is 18.0 Å². The SMILES string of the molecule is CCc1cc2c(=O)n(CC(=O)N(CC)c3cccc(C)c3)cnc2s1. The van der Waals surface area contributed by atoms with E-state index in [1.807, 2.05) is 51.1 Å². The normalized spacial score (nSPS) is 11.0. The predicted molar refractivity (Wildman–Crippen MR) is 102 cm³/mol. The summed E-state index contributed by atoms with van der Waals surface area (Å²) < 4.78 is 1.40. The Morgan fingerprint density at radius 2 is 2.08 bits per heavy atom. The second kappa shape index (κ2) is 7.19. The molecular weight excluding hydrogens is 334 g/mol. The first-order chi connectivity index (χ1) is 12.0. The standard InChI is InChI=1S/C19H21N3O2S/c1-4-15-10-16-18(25-15)20-12-21(19(16)24)11-17(23)22(5-2)14-8-6-7-13(3)9-14/h6-10,12H,4-5,11H2,1-3H3. The zero-order chi connectivity index (χ0) is 18.0. The fourth-order valence-corrected chi connectivity index (χ4v) is 3.75. The van der Waals surface area contributed by atoms with Gasteiger partial charge in [-0.25, -0.2) is 4.98 Å². The summed E-state index contributed by atoms with van der Waals surface area (Å²) in [6.07, 6.45) is 2.35. The van der Waals surface area contributed by atoms with Crippen molar-refractivity contribution >= 4 is 33.1 Å². The first kappa shape index (κ1) is 17.4. The molecule has 6 heteroatoms. The van der Waals surface area contributed by atoms with Crippen LogP contribution in [0, 0.1) is 6.92 Å². The Bertz CT molecular complexity index is 974. The minimum absolute atomic E-state index is 0.0130. The number of thiophene rings is 1. The Balaban J connectivity index is 1.90. The van der Waals surface area contributed by atoms with Crippen LogP contribution >= 0.6 is 11.3 Å². The maximum atomic E-state index is 12.7. The van der Waals surface area contributed by atoms with Gasteiger partial charge in [0, 0.05) is 17.1 Å². The molecule has 0 saturated carbocycles. The molecule has 1 amide bonds. The molecule has 130 valence electrons. The van der Waals surface area contributed by atoms with E-state index >= 15 is 0 Å². The predicted octanol–water partition coefficient (Wildman–Crippen LogP) is 3.38. The molecular formula is C19H21N3O2S. The minimum atomic E-state index is -0.158. The summed E-state index contributed by atoms with van der Waals surface area (Å²) in [6, 6.07) is 9.68. The van der Waals surface area contributed by atoms with Gasteiger partial charge < -0.3 is 4.90 Å². The van der Waals surface area contributed by atoms with Crippen molar-refractivity contribution in [3.8, 4) is 0 Å². The number of likely N-dealkylation sites (N-methyl/N-ethyl adjacent to an activating group) is 1. The van der Waals surface area contributed by atoms with Gasteiger partial charge in [0.1, 0.15) is 11.4 Å². The summed E-state index contributed by atoms with van der Waals surface area (Å²) in [4.78, 5) is 33.3. The van der Waals surface area contributed by atoms with Gasteiger partial charge in [0.25, 0.3) is 5.56 Å². The lowest BCUT2D eigenvalue weighted by Crippen LogP contribution is -2.36. The second-order valence-corrected chi connectivity index (χ2v) is 7.05. The van der Waals surface area contributed by atoms with E-state index in [4.69, 9.17) is 0 Å². The molecule has 0 saturated heterocycles. The van der Waals surface area contributed by atoms with Crippen LogP contribution in [0.3, 0.4) is 0 Å². The van der Waals surface area contributed by atoms with Gasteiger partial charge >= 0.3 is 0 Å². The summed E-state index contributed by atoms with van der Waals surface area (Å²) >= 11 is 1.53. The van der Waals surface area contributed by atoms with Crippen LogP contribution < -0.4 is 10.5 Å². The molecule has 0 radical (unpaired) electrons. The molecule has 0 aliphatic heterocycles. The van der Waals surface area contributed by atoms with Crippen LogP contribution in [0.5, 0.6) is 0 Å². The molecule has 5 nitrogen and oxygen atoms in total. The van der Waals surface area contributed by atoms with E-state index in [1.165, 1.54) is 22.2 Å². The summed E-state index contributed by atoms with van der Waals surface area (Å²) in [5, 5.41) is 0.593. The average Bonchev–Trinajstić information content (AvgIpc) is 3.02. The second-order valence-electron chi connectivity index (χ2n) is 5.94. The third-order valence-electron chi connectivity index (χ3n) is 4.15. The van der Waals surface area contributed by atoms with Crippen LogP contribution in [0.4, 0.5) is 5.69 Å². The van der Waals surface area contributed by atoms with E-state index in [0.29, 0.717) is 11.9 Å². The number of fused-ring (bicyclic) bond motifs is 1. The largest absolute Gasteiger partial charge is 0.311 e. The number of hydrogen-bond donors (Lipinski definition) is 0. The number of anilines is 1. The molecule has 0 fully saturated rings. The van der Waals surface area contributed by atoms with Gasteiger partial charge in [0.15, 0.2) is 0 Å². The Labute approximate surface area is 150 Å². The number of aryl methyl sites for hydroxylation is 2. The average molecular weight is 355 g/mol. The minimum Gasteiger partial charge on any atom is -0.311 e. The summed E-state index contributed by atoms with van der Waals surface area (Å²) in [7, 11) is 0. The highest BCUT2D eigenvalue weighted by Crippen LogP contribution is 2.21. The number of hydrogen-bond acceptors (Lipinski definition) is 4. The van der Waals surface area contributed by atoms with Crippen LogP contribution in [0.2, 0.25) is 0 Å². The third-order valence-corrected chi connectivity index (χ3v) is 5.34. The highest BCUT2D eigenvalue weighted by molar-refractivity contribution is 7.18. The topological polar surface area (TPSA) is 55.2 Å². The smallest absolute Gasteiger partial charge is 0.262 e. The highest BCUT2D eigenvalue weighted by atomic mass is 32.1. The van der Waals surface area contributed by atoms with Crippen molar-refractivity contribution in [2.24, 2.45) is 0 Å². The number of carbonyl (C=O) groups excluding carboxylic acids is 1. The number of amides is 1. The van der Waals surface area contributed by atoms with E-state index < -0.39 is 0 Å². The molecule has 0 bridgehead atoms. The molecule has 0 N–H and O–H groups in total. The fourth-order valence-electron chi connectivity index (χ4n) is 2.83. The van der Waals surface area contributed by atoms with Crippen LogP contribution in [0.25, 0.3) is 10.2 Å². The molecule has 0 spiro atoms. The van der Waals surface area contributed by atoms with Gasteiger partial charge in [-0.3, -0.25) is 14.2 Å². The number of rotatable bonds is 5. The van der Waals surface area contributed by atoms with Gasteiger partial charge in [0.2, 0.25) is 5.91 Å². The monoisotopic (exact) mass is 355 g/mol. The van der Waals surface area contributed by atoms with Gasteiger partial charge in [0.05, 0.1) is 11.7 Å². The molecule has 1 aromatic carbocycles. The summed E-state index contributed by atoms with van der Waals surface area (Å²) in [5.41, 5.74) is 1.78. The van der Waals surface area contributed by atoms with Gasteiger partial charge in [-0.05, 0) is 44.0 Å². The number of benzene rings is 1. The van der Waals surface area contributed by atoms with Crippen molar-refractivity contribution in [2.45, 2.75) is 33.7 Å². The maximum absolute atomic E-state index is 12.7. The Kier molecular flexibility index (Phi) is 4.99. The van der Waals surface area contributed by atoms with Gasteiger partial charge in [-0.2, -0.15) is 0 Å². The van der Waals surface area contributed by atoms with Crippen molar-refractivity contribution in [1.29, 1.82) is 0 Å². The molecule has 0 atom stereocenters. The molecule has 3 rings (SSSR count). The first-order valence-electron chi connectivity index (χ1n) is 8.38. The lowest BCUT2D eigenvalue weighted by Gasteiger charge is -2.21. The van der Waals surface area contributed by atoms with E-state index in [9.17, 15) is 9.59 Å². The first-order valence-corrected chi connectivity index (χ1v) is 9.20. The van der Waals surface area contributed by atoms with Crippen molar-refractivity contribution in [3.63, 3.8) is 0 Å². The van der Waals surface area contributed by atoms with Gasteiger partial charge in [-0.1, -0.05) is 19.1 Å². The van der Waals surface area contributed by atoms with Crippen LogP contribution in [-0.2, 0) is 17.8 Å². The molecule has 0 unspecified atom stereocenters. The van der Waals surface area contributed by atoms with Crippen LogP contribution in [0.1, 0.15) is 24.3 Å². The Hall–Kier alpha value is -2.47. The molecule has 2 aromatic heterocycles. The lowest BCUT2D eigenvalue weighted by molar-refractivity contribution is -0.119. The Morgan fingerprint density at radius 3 is 2.76 bits per heavy atom. The third kappa shape index (κ3) is 3.49. The summed E-state index contributed by atoms with van der Waals surface area (Å²) in [5.74, 6) is -0.123. The zero-order valence-corrected chi connectivity index (χ0v) is 15.5. The Morgan fingerprint density at radius 1 is 1.28 bits per heavy atom. The van der Waals surface area contributed by atoms with E-state index in [0.717, 1.165) is 27.4 Å². The van der Waals surface area contributed by atoms with Crippen LogP contribution in [-0.4, -0.2) is 22.0 Å². The number of nitrogens with zero attached hydrogens (tertiary/aromatic N) is 3. The maximum Gasteiger partial charge on any atom is 0.262 e. The van der Waals surface area contributed by atoms with Crippen molar-refractivity contribution in [2.75, 3.05) is 11.4 Å². The van der Waals surface area contributed by atoms with Crippen LogP contribution in [0.15, 0.2) is 41.5 Å². The van der Waals surface area contributed by atoms with Crippen molar-refractivity contribution in [3.05, 3.63) is 57.5 Å². The quantitative estimate of drug-likeness (QED) is 0.705. The molecule has 3 aromatic rings. The highest BCUT2D eigenvalue weighted by Gasteiger charge is 2.16. The van der Waals surface area contributed by atoms with Crippen molar-refractivity contribution in [1.82, 2.24) is 9.55 Å².